The maximum atomic E-state index is 13.7. The number of para-hydroxylation sites is 2. The molecule has 29 heavy (non-hydrogen) atoms. The third-order valence-electron chi connectivity index (χ3n) is 5.11. The van der Waals surface area contributed by atoms with Gasteiger partial charge in [0.05, 0.1) is 13.2 Å². The van der Waals surface area contributed by atoms with E-state index in [1.165, 1.54) is 7.11 Å². The van der Waals surface area contributed by atoms with E-state index in [4.69, 9.17) is 9.47 Å². The van der Waals surface area contributed by atoms with Crippen LogP contribution in [0.1, 0.15) is 11.1 Å². The zero-order valence-corrected chi connectivity index (χ0v) is 17.0. The largest absolute Gasteiger partial charge is 0.495 e. The number of rotatable bonds is 5. The molecule has 0 spiro atoms. The van der Waals surface area contributed by atoms with E-state index >= 15 is 0 Å². The number of hydrogen-bond donors (Lipinski definition) is 0. The van der Waals surface area contributed by atoms with Crippen LogP contribution in [0.25, 0.3) is 0 Å². The van der Waals surface area contributed by atoms with Crippen LogP contribution in [0.5, 0.6) is 11.5 Å². The lowest BCUT2D eigenvalue weighted by atomic mass is 10.1. The second-order valence-corrected chi connectivity index (χ2v) is 8.82. The van der Waals surface area contributed by atoms with Crippen LogP contribution in [-0.2, 0) is 23.0 Å². The van der Waals surface area contributed by atoms with Crippen LogP contribution < -0.4 is 9.47 Å². The fourth-order valence-electron chi connectivity index (χ4n) is 3.63. The van der Waals surface area contributed by atoms with Crippen molar-refractivity contribution in [3.8, 4) is 11.5 Å². The van der Waals surface area contributed by atoms with Crippen molar-refractivity contribution in [3.63, 3.8) is 0 Å². The second kappa shape index (κ2) is 8.27. The quantitative estimate of drug-likeness (QED) is 0.642. The highest BCUT2D eigenvalue weighted by Gasteiger charge is 2.36. The van der Waals surface area contributed by atoms with E-state index in [9.17, 15) is 8.42 Å². The number of benzene rings is 3. The van der Waals surface area contributed by atoms with Gasteiger partial charge in [-0.1, -0.05) is 60.7 Å². The molecule has 3 aromatic carbocycles. The third-order valence-corrected chi connectivity index (χ3v) is 7.04. The van der Waals surface area contributed by atoms with E-state index in [1.54, 1.807) is 28.6 Å². The molecule has 6 heteroatoms. The van der Waals surface area contributed by atoms with E-state index in [2.05, 4.69) is 0 Å². The molecule has 0 bridgehead atoms. The summed E-state index contributed by atoms with van der Waals surface area (Å²) in [6.07, 6.45) is 0.559. The van der Waals surface area contributed by atoms with E-state index in [-0.39, 0.29) is 24.1 Å². The van der Waals surface area contributed by atoms with Crippen LogP contribution in [0.4, 0.5) is 0 Å². The van der Waals surface area contributed by atoms with Crippen molar-refractivity contribution in [2.24, 2.45) is 0 Å². The van der Waals surface area contributed by atoms with Gasteiger partial charge in [-0.15, -0.1) is 0 Å². The molecule has 1 atom stereocenters. The Kier molecular flexibility index (Phi) is 5.56. The molecule has 1 heterocycles. The number of nitrogens with zero attached hydrogens (tertiary/aromatic N) is 1. The first-order valence-electron chi connectivity index (χ1n) is 9.49. The molecule has 1 aliphatic heterocycles. The lowest BCUT2D eigenvalue weighted by molar-refractivity contribution is 0.219. The van der Waals surface area contributed by atoms with Gasteiger partial charge in [0, 0.05) is 12.1 Å². The second-order valence-electron chi connectivity index (χ2n) is 6.96. The summed E-state index contributed by atoms with van der Waals surface area (Å²) in [5.41, 5.74) is 1.91. The van der Waals surface area contributed by atoms with Gasteiger partial charge in [-0.3, -0.25) is 0 Å². The van der Waals surface area contributed by atoms with Gasteiger partial charge < -0.3 is 9.47 Å². The molecule has 0 fully saturated rings. The van der Waals surface area contributed by atoms with Crippen LogP contribution in [0.2, 0.25) is 0 Å². The lowest BCUT2D eigenvalue weighted by Gasteiger charge is -2.29. The SMILES string of the molecule is COc1ccccc1S(=O)(=O)N1Cc2ccccc2OCC1Cc1ccccc1. The average Bonchev–Trinajstić information content (AvgIpc) is 2.94. The maximum absolute atomic E-state index is 13.7. The lowest BCUT2D eigenvalue weighted by Crippen LogP contribution is -2.43. The highest BCUT2D eigenvalue weighted by Crippen LogP contribution is 2.33. The molecular formula is C23H23NO4S. The fourth-order valence-corrected chi connectivity index (χ4v) is 5.37. The minimum atomic E-state index is -3.81. The first-order chi connectivity index (χ1) is 14.1. The van der Waals surface area contributed by atoms with Crippen molar-refractivity contribution >= 4 is 10.0 Å². The van der Waals surface area contributed by atoms with Crippen molar-refractivity contribution < 1.29 is 17.9 Å². The van der Waals surface area contributed by atoms with Gasteiger partial charge in [-0.25, -0.2) is 8.42 Å². The van der Waals surface area contributed by atoms with Crippen LogP contribution in [0, 0.1) is 0 Å². The van der Waals surface area contributed by atoms with E-state index in [0.29, 0.717) is 12.2 Å². The minimum absolute atomic E-state index is 0.167. The summed E-state index contributed by atoms with van der Waals surface area (Å²) in [5, 5.41) is 0. The zero-order chi connectivity index (χ0) is 20.3. The summed E-state index contributed by atoms with van der Waals surface area (Å²) in [6.45, 7) is 0.522. The fraction of sp³-hybridized carbons (Fsp3) is 0.217. The summed E-state index contributed by atoms with van der Waals surface area (Å²) >= 11 is 0. The van der Waals surface area contributed by atoms with Gasteiger partial charge in [0.1, 0.15) is 23.0 Å². The first-order valence-corrected chi connectivity index (χ1v) is 10.9. The van der Waals surface area contributed by atoms with Gasteiger partial charge in [0.25, 0.3) is 0 Å². The molecule has 0 aliphatic carbocycles. The molecular weight excluding hydrogens is 386 g/mol. The summed E-state index contributed by atoms with van der Waals surface area (Å²) in [4.78, 5) is 0.167. The Morgan fingerprint density at radius 2 is 1.66 bits per heavy atom. The van der Waals surface area contributed by atoms with E-state index in [1.807, 2.05) is 54.6 Å². The first kappa shape index (κ1) is 19.5. The van der Waals surface area contributed by atoms with Crippen molar-refractivity contribution in [3.05, 3.63) is 90.0 Å². The molecule has 1 aliphatic rings. The molecule has 3 aromatic rings. The molecule has 5 nitrogen and oxygen atoms in total. The Balaban J connectivity index is 1.78. The van der Waals surface area contributed by atoms with Crippen molar-refractivity contribution in [2.75, 3.05) is 13.7 Å². The normalized spacial score (nSPS) is 17.1. The van der Waals surface area contributed by atoms with Gasteiger partial charge in [0.15, 0.2) is 0 Å². The molecule has 1 unspecified atom stereocenters. The maximum Gasteiger partial charge on any atom is 0.247 e. The smallest absolute Gasteiger partial charge is 0.247 e. The van der Waals surface area contributed by atoms with Gasteiger partial charge in [0.2, 0.25) is 10.0 Å². The number of fused-ring (bicyclic) bond motifs is 1. The molecule has 4 rings (SSSR count). The Bertz CT molecular complexity index is 1080. The van der Waals surface area contributed by atoms with Crippen LogP contribution in [-0.4, -0.2) is 32.5 Å². The van der Waals surface area contributed by atoms with E-state index in [0.717, 1.165) is 16.9 Å². The van der Waals surface area contributed by atoms with Crippen molar-refractivity contribution in [1.82, 2.24) is 4.31 Å². The predicted molar refractivity (Wildman–Crippen MR) is 112 cm³/mol. The highest BCUT2D eigenvalue weighted by molar-refractivity contribution is 7.89. The minimum Gasteiger partial charge on any atom is -0.495 e. The Labute approximate surface area is 171 Å². The van der Waals surface area contributed by atoms with Crippen LogP contribution in [0.3, 0.4) is 0 Å². The van der Waals surface area contributed by atoms with Crippen molar-refractivity contribution in [2.45, 2.75) is 23.9 Å². The Morgan fingerprint density at radius 1 is 0.966 bits per heavy atom. The molecule has 0 amide bonds. The average molecular weight is 410 g/mol. The highest BCUT2D eigenvalue weighted by atomic mass is 32.2. The topological polar surface area (TPSA) is 55.8 Å². The molecule has 150 valence electrons. The summed E-state index contributed by atoms with van der Waals surface area (Å²) < 4.78 is 40.3. The monoisotopic (exact) mass is 409 g/mol. The predicted octanol–water partition coefficient (Wildman–Crippen LogP) is 3.89. The number of sulfonamides is 1. The molecule has 0 saturated carbocycles. The van der Waals surface area contributed by atoms with E-state index < -0.39 is 10.0 Å². The summed E-state index contributed by atoms with van der Waals surface area (Å²) in [7, 11) is -2.33. The molecule has 0 saturated heterocycles. The number of hydrogen-bond acceptors (Lipinski definition) is 4. The molecule has 0 N–H and O–H groups in total. The summed E-state index contributed by atoms with van der Waals surface area (Å²) in [5.74, 6) is 1.06. The molecule has 0 radical (unpaired) electrons. The Morgan fingerprint density at radius 3 is 2.45 bits per heavy atom. The standard InChI is InChI=1S/C23H23NO4S/c1-27-22-13-7-8-14-23(22)29(25,26)24-16-19-11-5-6-12-21(19)28-17-20(24)15-18-9-3-2-4-10-18/h2-14,20H,15-17H2,1H3. The van der Waals surface area contributed by atoms with Crippen LogP contribution in [0.15, 0.2) is 83.8 Å². The van der Waals surface area contributed by atoms with Crippen molar-refractivity contribution in [1.29, 1.82) is 0 Å². The Hall–Kier alpha value is -2.83. The van der Waals surface area contributed by atoms with Gasteiger partial charge in [-0.2, -0.15) is 4.31 Å². The molecule has 0 aromatic heterocycles. The zero-order valence-electron chi connectivity index (χ0n) is 16.2. The number of ether oxygens (including phenoxy) is 2. The number of methoxy groups -OCH3 is 1. The summed E-state index contributed by atoms with van der Waals surface area (Å²) in [6, 6.07) is 23.9. The van der Waals surface area contributed by atoms with Gasteiger partial charge in [-0.05, 0) is 30.2 Å². The van der Waals surface area contributed by atoms with Gasteiger partial charge >= 0.3 is 0 Å². The van der Waals surface area contributed by atoms with Crippen LogP contribution >= 0.6 is 0 Å². The third kappa shape index (κ3) is 3.99.